The Morgan fingerprint density at radius 3 is 2.56 bits per heavy atom. The van der Waals surface area contributed by atoms with Crippen molar-refractivity contribution in [1.82, 2.24) is 19.9 Å². The largest absolute Gasteiger partial charge is 0.493 e. The number of rotatable bonds is 7. The number of amides is 1. The zero-order valence-corrected chi connectivity index (χ0v) is 16.1. The van der Waals surface area contributed by atoms with Crippen molar-refractivity contribution in [2.75, 3.05) is 46.9 Å². The molecule has 2 heterocycles. The van der Waals surface area contributed by atoms with E-state index < -0.39 is 0 Å². The van der Waals surface area contributed by atoms with E-state index in [1.54, 1.807) is 26.4 Å². The van der Waals surface area contributed by atoms with Crippen molar-refractivity contribution in [1.29, 1.82) is 0 Å². The molecule has 146 valence electrons. The number of hydrogen-bond donors (Lipinski definition) is 0. The van der Waals surface area contributed by atoms with Crippen LogP contribution in [0, 0.1) is 0 Å². The van der Waals surface area contributed by atoms with Crippen LogP contribution in [-0.2, 0) is 11.2 Å². The molecule has 0 aliphatic carbocycles. The maximum Gasteiger partial charge on any atom is 0.227 e. The van der Waals surface area contributed by atoms with Gasteiger partial charge >= 0.3 is 0 Å². The number of ether oxygens (including phenoxy) is 2. The Bertz CT molecular complexity index is 769. The molecule has 3 rings (SSSR count). The third-order valence-electron chi connectivity index (χ3n) is 4.83. The first kappa shape index (κ1) is 19.2. The molecule has 0 atom stereocenters. The van der Waals surface area contributed by atoms with Gasteiger partial charge in [-0.25, -0.2) is 0 Å². The standard InChI is InChI=1S/C19H26N4O4/c1-4-22-9-11-23(12-10-22)18(24)8-7-17-20-19(21-27-17)14-5-6-15(25-2)16(13-14)26-3/h5-6,13H,4,7-12H2,1-3H3. The highest BCUT2D eigenvalue weighted by Gasteiger charge is 2.21. The summed E-state index contributed by atoms with van der Waals surface area (Å²) in [6.07, 6.45) is 0.812. The van der Waals surface area contributed by atoms with Crippen molar-refractivity contribution in [2.45, 2.75) is 19.8 Å². The molecule has 0 saturated carbocycles. The lowest BCUT2D eigenvalue weighted by molar-refractivity contribution is -0.132. The minimum absolute atomic E-state index is 0.136. The number of piperazine rings is 1. The third-order valence-corrected chi connectivity index (χ3v) is 4.83. The Balaban J connectivity index is 1.57. The Morgan fingerprint density at radius 1 is 1.15 bits per heavy atom. The van der Waals surface area contributed by atoms with Gasteiger partial charge in [-0.05, 0) is 24.7 Å². The first-order chi connectivity index (χ1) is 13.1. The van der Waals surface area contributed by atoms with E-state index in [-0.39, 0.29) is 5.91 Å². The predicted octanol–water partition coefficient (Wildman–Crippen LogP) is 1.85. The van der Waals surface area contributed by atoms with Crippen molar-refractivity contribution in [2.24, 2.45) is 0 Å². The van der Waals surface area contributed by atoms with Crippen molar-refractivity contribution < 1.29 is 18.8 Å². The van der Waals surface area contributed by atoms with Crippen LogP contribution < -0.4 is 9.47 Å². The molecule has 27 heavy (non-hydrogen) atoms. The highest BCUT2D eigenvalue weighted by atomic mass is 16.5. The third kappa shape index (κ3) is 4.57. The minimum Gasteiger partial charge on any atom is -0.493 e. The summed E-state index contributed by atoms with van der Waals surface area (Å²) in [4.78, 5) is 21.0. The molecule has 2 aromatic rings. The summed E-state index contributed by atoms with van der Waals surface area (Å²) in [6.45, 7) is 6.62. The molecule has 0 radical (unpaired) electrons. The highest BCUT2D eigenvalue weighted by Crippen LogP contribution is 2.31. The molecule has 0 bridgehead atoms. The number of carbonyl (C=O) groups excluding carboxylic acids is 1. The van der Waals surface area contributed by atoms with E-state index in [0.29, 0.717) is 36.1 Å². The van der Waals surface area contributed by atoms with Gasteiger partial charge in [0.15, 0.2) is 11.5 Å². The number of aryl methyl sites for hydroxylation is 1. The number of carbonyl (C=O) groups is 1. The number of likely N-dealkylation sites (N-methyl/N-ethyl adjacent to an activating group) is 1. The second-order valence-corrected chi connectivity index (χ2v) is 6.40. The Kier molecular flexibility index (Phi) is 6.28. The number of aromatic nitrogens is 2. The lowest BCUT2D eigenvalue weighted by Gasteiger charge is -2.34. The van der Waals surface area contributed by atoms with Crippen LogP contribution in [-0.4, -0.2) is 72.8 Å². The Hall–Kier alpha value is -2.61. The second-order valence-electron chi connectivity index (χ2n) is 6.40. The molecule has 1 saturated heterocycles. The zero-order valence-electron chi connectivity index (χ0n) is 16.1. The molecule has 1 aliphatic rings. The zero-order chi connectivity index (χ0) is 19.2. The van der Waals surface area contributed by atoms with Crippen LogP contribution in [0.15, 0.2) is 22.7 Å². The molecular formula is C19H26N4O4. The van der Waals surface area contributed by atoms with Gasteiger partial charge in [-0.2, -0.15) is 4.98 Å². The van der Waals surface area contributed by atoms with Gasteiger partial charge in [-0.1, -0.05) is 12.1 Å². The van der Waals surface area contributed by atoms with Gasteiger partial charge in [0.1, 0.15) is 0 Å². The topological polar surface area (TPSA) is 80.9 Å². The number of benzene rings is 1. The molecule has 8 heteroatoms. The first-order valence-corrected chi connectivity index (χ1v) is 9.19. The first-order valence-electron chi connectivity index (χ1n) is 9.19. The lowest BCUT2D eigenvalue weighted by Crippen LogP contribution is -2.48. The van der Waals surface area contributed by atoms with Gasteiger partial charge in [0.05, 0.1) is 14.2 Å². The molecule has 1 aliphatic heterocycles. The van der Waals surface area contributed by atoms with Crippen LogP contribution >= 0.6 is 0 Å². The average Bonchev–Trinajstić information content (AvgIpc) is 3.20. The molecule has 8 nitrogen and oxygen atoms in total. The normalized spacial score (nSPS) is 15.0. The number of nitrogens with zero attached hydrogens (tertiary/aromatic N) is 4. The lowest BCUT2D eigenvalue weighted by atomic mass is 10.2. The molecule has 1 aromatic heterocycles. The van der Waals surface area contributed by atoms with E-state index in [1.165, 1.54) is 0 Å². The van der Waals surface area contributed by atoms with Crippen LogP contribution in [0.5, 0.6) is 11.5 Å². The van der Waals surface area contributed by atoms with Crippen molar-refractivity contribution >= 4 is 5.91 Å². The molecule has 1 aromatic carbocycles. The van der Waals surface area contributed by atoms with Gasteiger partial charge in [-0.15, -0.1) is 0 Å². The maximum absolute atomic E-state index is 12.4. The molecule has 0 N–H and O–H groups in total. The van der Waals surface area contributed by atoms with E-state index in [9.17, 15) is 4.79 Å². The second kappa shape index (κ2) is 8.85. The molecule has 1 amide bonds. The van der Waals surface area contributed by atoms with Gasteiger partial charge in [-0.3, -0.25) is 4.79 Å². The summed E-state index contributed by atoms with van der Waals surface area (Å²) in [6, 6.07) is 5.43. The van der Waals surface area contributed by atoms with Crippen molar-refractivity contribution in [3.05, 3.63) is 24.1 Å². The van der Waals surface area contributed by atoms with Gasteiger partial charge in [0.25, 0.3) is 0 Å². The van der Waals surface area contributed by atoms with Crippen molar-refractivity contribution in [3.63, 3.8) is 0 Å². The molecule has 0 spiro atoms. The quantitative estimate of drug-likeness (QED) is 0.731. The van der Waals surface area contributed by atoms with E-state index in [4.69, 9.17) is 14.0 Å². The van der Waals surface area contributed by atoms with Crippen LogP contribution in [0.1, 0.15) is 19.2 Å². The van der Waals surface area contributed by atoms with Crippen molar-refractivity contribution in [3.8, 4) is 22.9 Å². The fourth-order valence-corrected chi connectivity index (χ4v) is 3.13. The summed E-state index contributed by atoms with van der Waals surface area (Å²) in [5.41, 5.74) is 0.768. The van der Waals surface area contributed by atoms with Crippen LogP contribution in [0.3, 0.4) is 0 Å². The SMILES string of the molecule is CCN1CCN(C(=O)CCc2nc(-c3ccc(OC)c(OC)c3)no2)CC1. The van der Waals surface area contributed by atoms with Crippen LogP contribution in [0.2, 0.25) is 0 Å². The van der Waals surface area contributed by atoms with Gasteiger partial charge < -0.3 is 23.8 Å². The summed E-state index contributed by atoms with van der Waals surface area (Å²) in [5.74, 6) is 2.30. The van der Waals surface area contributed by atoms with E-state index in [1.807, 2.05) is 11.0 Å². The van der Waals surface area contributed by atoms with E-state index in [2.05, 4.69) is 22.0 Å². The minimum atomic E-state index is 0.136. The number of hydrogen-bond acceptors (Lipinski definition) is 7. The summed E-state index contributed by atoms with van der Waals surface area (Å²) < 4.78 is 15.8. The van der Waals surface area contributed by atoms with Crippen LogP contribution in [0.4, 0.5) is 0 Å². The monoisotopic (exact) mass is 374 g/mol. The fourth-order valence-electron chi connectivity index (χ4n) is 3.13. The summed E-state index contributed by atoms with van der Waals surface area (Å²) in [7, 11) is 3.17. The number of methoxy groups -OCH3 is 2. The molecule has 0 unspecified atom stereocenters. The van der Waals surface area contributed by atoms with Gasteiger partial charge in [0, 0.05) is 44.6 Å². The highest BCUT2D eigenvalue weighted by molar-refractivity contribution is 5.76. The fraction of sp³-hybridized carbons (Fsp3) is 0.526. The maximum atomic E-state index is 12.4. The van der Waals surface area contributed by atoms with Gasteiger partial charge in [0.2, 0.25) is 17.6 Å². The smallest absolute Gasteiger partial charge is 0.227 e. The average molecular weight is 374 g/mol. The summed E-state index contributed by atoms with van der Waals surface area (Å²) in [5, 5.41) is 4.01. The molecule has 1 fully saturated rings. The van der Waals surface area contributed by atoms with Crippen LogP contribution in [0.25, 0.3) is 11.4 Å². The Morgan fingerprint density at radius 2 is 1.89 bits per heavy atom. The van der Waals surface area contributed by atoms with E-state index in [0.717, 1.165) is 38.3 Å². The Labute approximate surface area is 159 Å². The summed E-state index contributed by atoms with van der Waals surface area (Å²) >= 11 is 0. The van der Waals surface area contributed by atoms with E-state index >= 15 is 0 Å². The predicted molar refractivity (Wildman–Crippen MR) is 99.9 cm³/mol. The molecular weight excluding hydrogens is 348 g/mol.